The molecule has 158 valence electrons. The van der Waals surface area contributed by atoms with Crippen molar-refractivity contribution in [2.45, 2.75) is 49.9 Å². The number of H-pyrrole nitrogens is 1. The fourth-order valence-electron chi connectivity index (χ4n) is 5.07. The van der Waals surface area contributed by atoms with Crippen LogP contribution in [0.2, 0.25) is 0 Å². The van der Waals surface area contributed by atoms with Gasteiger partial charge in [-0.15, -0.1) is 0 Å². The lowest BCUT2D eigenvalue weighted by molar-refractivity contribution is 0.0659. The zero-order valence-electron chi connectivity index (χ0n) is 17.5. The van der Waals surface area contributed by atoms with Crippen LogP contribution in [0.4, 0.5) is 0 Å². The van der Waals surface area contributed by atoms with Gasteiger partial charge in [-0.1, -0.05) is 6.07 Å². The quantitative estimate of drug-likeness (QED) is 0.839. The van der Waals surface area contributed by atoms with Gasteiger partial charge in [0.15, 0.2) is 11.5 Å². The number of nitrogens with zero attached hydrogens (tertiary/aromatic N) is 2. The van der Waals surface area contributed by atoms with Crippen molar-refractivity contribution >= 4 is 5.91 Å². The summed E-state index contributed by atoms with van der Waals surface area (Å²) < 4.78 is 10.8. The van der Waals surface area contributed by atoms with Crippen LogP contribution in [0.3, 0.4) is 0 Å². The van der Waals surface area contributed by atoms with Gasteiger partial charge in [0.2, 0.25) is 0 Å². The van der Waals surface area contributed by atoms with Crippen molar-refractivity contribution < 1.29 is 14.3 Å². The van der Waals surface area contributed by atoms with Crippen LogP contribution in [-0.2, 0) is 11.8 Å². The maximum Gasteiger partial charge on any atom is 0.257 e. The van der Waals surface area contributed by atoms with Crippen molar-refractivity contribution in [3.05, 3.63) is 51.2 Å². The Morgan fingerprint density at radius 2 is 1.93 bits per heavy atom. The van der Waals surface area contributed by atoms with Gasteiger partial charge in [-0.25, -0.2) is 4.98 Å². The topological polar surface area (TPSA) is 84.5 Å². The van der Waals surface area contributed by atoms with Crippen molar-refractivity contribution in [1.82, 2.24) is 14.9 Å². The molecule has 1 aliphatic heterocycles. The molecule has 1 N–H and O–H groups in total. The summed E-state index contributed by atoms with van der Waals surface area (Å²) in [5.74, 6) is 2.26. The minimum absolute atomic E-state index is 0.0402. The Kier molecular flexibility index (Phi) is 4.56. The molecule has 0 atom stereocenters. The minimum Gasteiger partial charge on any atom is -0.493 e. The van der Waals surface area contributed by atoms with Crippen molar-refractivity contribution in [2.24, 2.45) is 0 Å². The molecular formula is C23H27N3O4. The number of para-hydroxylation sites is 1. The molecule has 2 aromatic rings. The zero-order valence-corrected chi connectivity index (χ0v) is 17.5. The van der Waals surface area contributed by atoms with Crippen molar-refractivity contribution in [3.63, 3.8) is 0 Å². The standard InChI is InChI=1S/C23H27N3O4/c1-29-17-5-3-4-15(18(17)30-2)22(28)26-12-10-23(11-13-26)9-8-16-19(23)24-20(14-6-7-14)25-21(16)27/h3-5,14H,6-13H2,1-2H3,(H,24,25,27). The monoisotopic (exact) mass is 409 g/mol. The normalized spacial score (nSPS) is 19.6. The molecule has 7 heteroatoms. The molecule has 5 rings (SSSR count). The van der Waals surface area contributed by atoms with E-state index in [0.29, 0.717) is 36.1 Å². The van der Waals surface area contributed by atoms with E-state index < -0.39 is 0 Å². The molecule has 2 fully saturated rings. The summed E-state index contributed by atoms with van der Waals surface area (Å²) in [4.78, 5) is 35.6. The molecule has 0 radical (unpaired) electrons. The predicted octanol–water partition coefficient (Wildman–Crippen LogP) is 2.78. The summed E-state index contributed by atoms with van der Waals surface area (Å²) in [5.41, 5.74) is 2.33. The van der Waals surface area contributed by atoms with Gasteiger partial charge in [0.1, 0.15) is 5.82 Å². The molecule has 1 aromatic heterocycles. The molecule has 7 nitrogen and oxygen atoms in total. The van der Waals surface area contributed by atoms with Crippen molar-refractivity contribution in [2.75, 3.05) is 27.3 Å². The van der Waals surface area contributed by atoms with Crippen LogP contribution >= 0.6 is 0 Å². The molecule has 3 aliphatic rings. The van der Waals surface area contributed by atoms with Crippen LogP contribution in [-0.4, -0.2) is 48.1 Å². The molecule has 1 amide bonds. The third kappa shape index (κ3) is 2.99. The molecule has 2 heterocycles. The van der Waals surface area contributed by atoms with Crippen LogP contribution in [0.25, 0.3) is 0 Å². The molecule has 1 aromatic carbocycles. The number of nitrogens with one attached hydrogen (secondary N) is 1. The third-order valence-electron chi connectivity index (χ3n) is 6.99. The third-order valence-corrected chi connectivity index (χ3v) is 6.99. The van der Waals surface area contributed by atoms with Crippen LogP contribution in [0.5, 0.6) is 11.5 Å². The number of hydrogen-bond donors (Lipinski definition) is 1. The van der Waals surface area contributed by atoms with Gasteiger partial charge in [-0.05, 0) is 50.7 Å². The molecular weight excluding hydrogens is 382 g/mol. The van der Waals surface area contributed by atoms with E-state index in [-0.39, 0.29) is 16.9 Å². The fourth-order valence-corrected chi connectivity index (χ4v) is 5.07. The summed E-state index contributed by atoms with van der Waals surface area (Å²) in [6.45, 7) is 1.29. The van der Waals surface area contributed by atoms with E-state index in [2.05, 4.69) is 4.98 Å². The van der Waals surface area contributed by atoms with Crippen LogP contribution < -0.4 is 15.0 Å². The summed E-state index contributed by atoms with van der Waals surface area (Å²) in [6.07, 6.45) is 5.60. The van der Waals surface area contributed by atoms with Crippen molar-refractivity contribution in [3.8, 4) is 11.5 Å². The second-order valence-electron chi connectivity index (χ2n) is 8.67. The largest absolute Gasteiger partial charge is 0.493 e. The van der Waals surface area contributed by atoms with E-state index in [0.717, 1.165) is 55.6 Å². The lowest BCUT2D eigenvalue weighted by atomic mass is 9.76. The molecule has 0 bridgehead atoms. The molecule has 1 saturated carbocycles. The van der Waals surface area contributed by atoms with Gasteiger partial charge < -0.3 is 19.4 Å². The Morgan fingerprint density at radius 1 is 1.17 bits per heavy atom. The molecule has 1 saturated heterocycles. The van der Waals surface area contributed by atoms with E-state index in [1.807, 2.05) is 11.0 Å². The highest BCUT2D eigenvalue weighted by atomic mass is 16.5. The number of amides is 1. The predicted molar refractivity (Wildman–Crippen MR) is 112 cm³/mol. The second-order valence-corrected chi connectivity index (χ2v) is 8.67. The smallest absolute Gasteiger partial charge is 0.257 e. The molecule has 1 spiro atoms. The molecule has 0 unspecified atom stereocenters. The summed E-state index contributed by atoms with van der Waals surface area (Å²) in [5, 5.41) is 0. The first-order valence-electron chi connectivity index (χ1n) is 10.7. The number of likely N-dealkylation sites (tertiary alicyclic amines) is 1. The number of rotatable bonds is 4. The first-order chi connectivity index (χ1) is 14.6. The van der Waals surface area contributed by atoms with E-state index in [9.17, 15) is 9.59 Å². The lowest BCUT2D eigenvalue weighted by Gasteiger charge is -2.39. The first kappa shape index (κ1) is 19.2. The average molecular weight is 409 g/mol. The number of carbonyl (C=O) groups excluding carboxylic acids is 1. The Morgan fingerprint density at radius 3 is 2.60 bits per heavy atom. The summed E-state index contributed by atoms with van der Waals surface area (Å²) in [7, 11) is 3.12. The maximum atomic E-state index is 13.2. The van der Waals surface area contributed by atoms with Crippen LogP contribution in [0, 0.1) is 0 Å². The number of carbonyl (C=O) groups is 1. The minimum atomic E-state index is -0.0809. The fraction of sp³-hybridized carbons (Fsp3) is 0.522. The molecule has 30 heavy (non-hydrogen) atoms. The summed E-state index contributed by atoms with van der Waals surface area (Å²) in [6, 6.07) is 5.38. The van der Waals surface area contributed by atoms with Crippen molar-refractivity contribution in [1.29, 1.82) is 0 Å². The van der Waals surface area contributed by atoms with E-state index >= 15 is 0 Å². The number of fused-ring (bicyclic) bond motifs is 2. The van der Waals surface area contributed by atoms with Gasteiger partial charge in [0.05, 0.1) is 25.5 Å². The van der Waals surface area contributed by atoms with E-state index in [4.69, 9.17) is 14.5 Å². The van der Waals surface area contributed by atoms with Crippen LogP contribution in [0.1, 0.15) is 65.5 Å². The Labute approximate surface area is 175 Å². The number of piperidine rings is 1. The number of aromatic amines is 1. The van der Waals surface area contributed by atoms with Gasteiger partial charge in [-0.2, -0.15) is 0 Å². The lowest BCUT2D eigenvalue weighted by Crippen LogP contribution is -2.45. The van der Waals surface area contributed by atoms with E-state index in [1.54, 1.807) is 26.4 Å². The SMILES string of the molecule is COc1cccc(C(=O)N2CCC3(CCc4c3nc(C3CC3)[nH]c4=O)CC2)c1OC. The second kappa shape index (κ2) is 7.15. The molecule has 2 aliphatic carbocycles. The van der Waals surface area contributed by atoms with Gasteiger partial charge in [0.25, 0.3) is 11.5 Å². The maximum absolute atomic E-state index is 13.2. The average Bonchev–Trinajstić information content (AvgIpc) is 3.57. The van der Waals surface area contributed by atoms with Crippen LogP contribution in [0.15, 0.2) is 23.0 Å². The van der Waals surface area contributed by atoms with Gasteiger partial charge in [0, 0.05) is 30.0 Å². The van der Waals surface area contributed by atoms with Gasteiger partial charge in [-0.3, -0.25) is 9.59 Å². The van der Waals surface area contributed by atoms with Gasteiger partial charge >= 0.3 is 0 Å². The highest BCUT2D eigenvalue weighted by Gasteiger charge is 2.45. The zero-order chi connectivity index (χ0) is 20.9. The van der Waals surface area contributed by atoms with E-state index in [1.165, 1.54) is 0 Å². The summed E-state index contributed by atoms with van der Waals surface area (Å²) >= 11 is 0. The number of aromatic nitrogens is 2. The number of benzene rings is 1. The Balaban J connectivity index is 1.38. The Hall–Kier alpha value is -2.83. The number of hydrogen-bond acceptors (Lipinski definition) is 5. The first-order valence-corrected chi connectivity index (χ1v) is 10.7. The Bertz CT molecular complexity index is 1050. The highest BCUT2D eigenvalue weighted by molar-refractivity contribution is 5.98. The number of methoxy groups -OCH3 is 2. The number of ether oxygens (including phenoxy) is 2. The highest BCUT2D eigenvalue weighted by Crippen LogP contribution is 2.46.